The lowest BCUT2D eigenvalue weighted by atomic mass is 10.2. The second kappa shape index (κ2) is 5.14. The first-order chi connectivity index (χ1) is 8.13. The number of para-hydroxylation sites is 1. The maximum absolute atomic E-state index is 11.6. The number of carbonyl (C=O) groups is 1. The second-order valence-corrected chi connectivity index (χ2v) is 5.05. The fourth-order valence-electron chi connectivity index (χ4n) is 1.48. The van der Waals surface area contributed by atoms with Crippen molar-refractivity contribution in [2.75, 3.05) is 6.61 Å². The molecule has 0 bridgehead atoms. The molecule has 0 N–H and O–H groups in total. The molecule has 2 aromatic rings. The van der Waals surface area contributed by atoms with Crippen molar-refractivity contribution < 1.29 is 9.53 Å². The van der Waals surface area contributed by atoms with Gasteiger partial charge in [-0.05, 0) is 35.0 Å². The Morgan fingerprint density at radius 1 is 1.35 bits per heavy atom. The number of rotatable bonds is 2. The van der Waals surface area contributed by atoms with Gasteiger partial charge in [-0.2, -0.15) is 0 Å². The predicted octanol–water partition coefficient (Wildman–Crippen LogP) is 3.94. The zero-order valence-electron chi connectivity index (χ0n) is 9.04. The maximum atomic E-state index is 11.6. The van der Waals surface area contributed by atoms with Gasteiger partial charge in [0.1, 0.15) is 5.69 Å². The van der Waals surface area contributed by atoms with E-state index in [1.54, 1.807) is 13.0 Å². The number of aromatic nitrogens is 1. The number of ether oxygens (including phenoxy) is 1. The average molecular weight is 359 g/mol. The Balaban J connectivity index is 2.62. The van der Waals surface area contributed by atoms with Crippen molar-refractivity contribution in [1.82, 2.24) is 4.98 Å². The van der Waals surface area contributed by atoms with Crippen molar-refractivity contribution in [2.24, 2.45) is 0 Å². The summed E-state index contributed by atoms with van der Waals surface area (Å²) in [5.74, 6) is -0.411. The minimum absolute atomic E-state index is 0.304. The molecule has 2 rings (SSSR count). The van der Waals surface area contributed by atoms with Crippen molar-refractivity contribution >= 4 is 48.7 Å². The molecule has 0 radical (unpaired) electrons. The van der Waals surface area contributed by atoms with Crippen molar-refractivity contribution in [3.63, 3.8) is 0 Å². The van der Waals surface area contributed by atoms with Gasteiger partial charge in [0, 0.05) is 14.3 Å². The van der Waals surface area contributed by atoms with Gasteiger partial charge in [0.25, 0.3) is 0 Å². The molecule has 0 saturated heterocycles. The van der Waals surface area contributed by atoms with Gasteiger partial charge in [-0.15, -0.1) is 0 Å². The molecule has 0 saturated carbocycles. The minimum Gasteiger partial charge on any atom is -0.461 e. The summed E-state index contributed by atoms with van der Waals surface area (Å²) < 4.78 is 6.61. The smallest absolute Gasteiger partial charge is 0.356 e. The monoisotopic (exact) mass is 357 g/mol. The molecular weight excluding hydrogens is 350 g/mol. The van der Waals surface area contributed by atoms with Gasteiger partial charge < -0.3 is 4.74 Å². The summed E-state index contributed by atoms with van der Waals surface area (Å²) in [6, 6.07) is 7.42. The number of carbonyl (C=O) groups excluding carboxylic acids is 1. The van der Waals surface area contributed by atoms with Gasteiger partial charge >= 0.3 is 5.97 Å². The van der Waals surface area contributed by atoms with Crippen molar-refractivity contribution in [1.29, 1.82) is 0 Å². The average Bonchev–Trinajstić information content (AvgIpc) is 2.30. The fraction of sp³-hybridized carbons (Fsp3) is 0.167. The normalized spacial score (nSPS) is 10.5. The molecule has 0 amide bonds. The molecular formula is C12H9Br2NO2. The highest BCUT2D eigenvalue weighted by molar-refractivity contribution is 9.11. The molecule has 0 unspecified atom stereocenters. The van der Waals surface area contributed by atoms with Crippen LogP contribution in [0.25, 0.3) is 10.9 Å². The first-order valence-corrected chi connectivity index (χ1v) is 6.64. The van der Waals surface area contributed by atoms with Crippen LogP contribution >= 0.6 is 31.9 Å². The quantitative estimate of drug-likeness (QED) is 0.763. The summed E-state index contributed by atoms with van der Waals surface area (Å²) in [5, 5.41) is 0.951. The standard InChI is InChI=1S/C12H9Br2NO2/c1-2-17-12(16)10-6-9(14)7-4-3-5-8(13)11(7)15-10/h3-6H,2H2,1H3. The molecule has 1 aromatic carbocycles. The first-order valence-electron chi connectivity index (χ1n) is 5.05. The van der Waals surface area contributed by atoms with Gasteiger partial charge in [-0.1, -0.05) is 28.1 Å². The van der Waals surface area contributed by atoms with Gasteiger partial charge in [0.15, 0.2) is 0 Å². The number of pyridine rings is 1. The molecule has 0 aliphatic rings. The van der Waals surface area contributed by atoms with Crippen molar-refractivity contribution in [3.8, 4) is 0 Å². The van der Waals surface area contributed by atoms with E-state index in [1.807, 2.05) is 18.2 Å². The van der Waals surface area contributed by atoms with E-state index in [9.17, 15) is 4.79 Å². The van der Waals surface area contributed by atoms with Crippen LogP contribution in [-0.2, 0) is 4.74 Å². The SMILES string of the molecule is CCOC(=O)c1cc(Br)c2cccc(Br)c2n1. The van der Waals surface area contributed by atoms with Crippen LogP contribution in [0.5, 0.6) is 0 Å². The Labute approximate surface area is 115 Å². The Bertz CT molecular complexity index is 584. The fourth-order valence-corrected chi connectivity index (χ4v) is 2.47. The first kappa shape index (κ1) is 12.5. The lowest BCUT2D eigenvalue weighted by Crippen LogP contribution is -2.07. The number of esters is 1. The third kappa shape index (κ3) is 2.50. The van der Waals surface area contributed by atoms with E-state index in [0.29, 0.717) is 12.3 Å². The number of halogens is 2. The van der Waals surface area contributed by atoms with Crippen LogP contribution in [0, 0.1) is 0 Å². The van der Waals surface area contributed by atoms with Gasteiger partial charge in [0.2, 0.25) is 0 Å². The van der Waals surface area contributed by atoms with Crippen molar-refractivity contribution in [3.05, 3.63) is 38.9 Å². The highest BCUT2D eigenvalue weighted by Gasteiger charge is 2.13. The third-order valence-electron chi connectivity index (χ3n) is 2.22. The number of fused-ring (bicyclic) bond motifs is 1. The summed E-state index contributed by atoms with van der Waals surface area (Å²) in [6.07, 6.45) is 0. The van der Waals surface area contributed by atoms with E-state index >= 15 is 0 Å². The Morgan fingerprint density at radius 2 is 2.12 bits per heavy atom. The zero-order chi connectivity index (χ0) is 12.4. The Hall–Kier alpha value is -0.940. The van der Waals surface area contributed by atoms with E-state index in [1.165, 1.54) is 0 Å². The van der Waals surface area contributed by atoms with Gasteiger partial charge in [-0.3, -0.25) is 0 Å². The lowest BCUT2D eigenvalue weighted by molar-refractivity contribution is 0.0520. The largest absolute Gasteiger partial charge is 0.461 e. The maximum Gasteiger partial charge on any atom is 0.356 e. The molecule has 5 heteroatoms. The minimum atomic E-state index is -0.411. The van der Waals surface area contributed by atoms with Crippen molar-refractivity contribution in [2.45, 2.75) is 6.92 Å². The zero-order valence-corrected chi connectivity index (χ0v) is 12.2. The van der Waals surface area contributed by atoms with Crippen LogP contribution in [0.15, 0.2) is 33.2 Å². The molecule has 17 heavy (non-hydrogen) atoms. The van der Waals surface area contributed by atoms with Crippen LogP contribution < -0.4 is 0 Å². The third-order valence-corrected chi connectivity index (χ3v) is 3.52. The van der Waals surface area contributed by atoms with Gasteiger partial charge in [0.05, 0.1) is 12.1 Å². The summed E-state index contributed by atoms with van der Waals surface area (Å²) in [4.78, 5) is 15.9. The molecule has 0 atom stereocenters. The second-order valence-electron chi connectivity index (χ2n) is 3.35. The van der Waals surface area contributed by atoms with Crippen LogP contribution in [-0.4, -0.2) is 17.6 Å². The summed E-state index contributed by atoms with van der Waals surface area (Å²) in [5.41, 5.74) is 1.04. The predicted molar refractivity (Wildman–Crippen MR) is 73.1 cm³/mol. The summed E-state index contributed by atoms with van der Waals surface area (Å²) in [7, 11) is 0. The lowest BCUT2D eigenvalue weighted by Gasteiger charge is -2.06. The molecule has 1 heterocycles. The summed E-state index contributed by atoms with van der Waals surface area (Å²) >= 11 is 6.85. The number of hydrogen-bond acceptors (Lipinski definition) is 3. The van der Waals surface area contributed by atoms with Crippen LogP contribution in [0.2, 0.25) is 0 Å². The van der Waals surface area contributed by atoms with Crippen LogP contribution in [0.3, 0.4) is 0 Å². The summed E-state index contributed by atoms with van der Waals surface area (Å²) in [6.45, 7) is 2.11. The molecule has 0 aliphatic heterocycles. The number of benzene rings is 1. The number of nitrogens with zero attached hydrogens (tertiary/aromatic N) is 1. The Kier molecular flexibility index (Phi) is 3.79. The van der Waals surface area contributed by atoms with E-state index in [2.05, 4.69) is 36.8 Å². The van der Waals surface area contributed by atoms with E-state index in [0.717, 1.165) is 19.8 Å². The molecule has 3 nitrogen and oxygen atoms in total. The van der Waals surface area contributed by atoms with E-state index < -0.39 is 5.97 Å². The van der Waals surface area contributed by atoms with Crippen LogP contribution in [0.4, 0.5) is 0 Å². The highest BCUT2D eigenvalue weighted by atomic mass is 79.9. The molecule has 1 aromatic heterocycles. The molecule has 0 fully saturated rings. The molecule has 0 aliphatic carbocycles. The number of hydrogen-bond donors (Lipinski definition) is 0. The Morgan fingerprint density at radius 3 is 2.82 bits per heavy atom. The van der Waals surface area contributed by atoms with E-state index in [4.69, 9.17) is 4.74 Å². The molecule has 88 valence electrons. The van der Waals surface area contributed by atoms with E-state index in [-0.39, 0.29) is 0 Å². The van der Waals surface area contributed by atoms with Gasteiger partial charge in [-0.25, -0.2) is 9.78 Å². The van der Waals surface area contributed by atoms with Crippen LogP contribution in [0.1, 0.15) is 17.4 Å². The highest BCUT2D eigenvalue weighted by Crippen LogP contribution is 2.28. The topological polar surface area (TPSA) is 39.2 Å². The molecule has 0 spiro atoms.